The van der Waals surface area contributed by atoms with E-state index in [-0.39, 0.29) is 23.4 Å². The first-order valence-electron chi connectivity index (χ1n) is 7.11. The lowest BCUT2D eigenvalue weighted by molar-refractivity contribution is -0.132. The highest BCUT2D eigenvalue weighted by Gasteiger charge is 2.29. The molecule has 3 rings (SSSR count). The number of fused-ring (bicyclic) bond motifs is 1. The topological polar surface area (TPSA) is 93.6 Å². The molecule has 0 spiro atoms. The molecule has 0 aromatic carbocycles. The Kier molecular flexibility index (Phi) is 3.98. The Labute approximate surface area is 132 Å². The summed E-state index contributed by atoms with van der Waals surface area (Å²) in [5.41, 5.74) is 6.83. The van der Waals surface area contributed by atoms with Gasteiger partial charge in [-0.1, -0.05) is 0 Å². The van der Waals surface area contributed by atoms with Crippen LogP contribution in [-0.2, 0) is 4.79 Å². The van der Waals surface area contributed by atoms with Gasteiger partial charge < -0.3 is 10.6 Å². The average Bonchev–Trinajstić information content (AvgIpc) is 2.98. The highest BCUT2D eigenvalue weighted by atomic mass is 35.5. The molecule has 1 fully saturated rings. The molecule has 0 radical (unpaired) electrons. The number of alkyl halides is 1. The van der Waals surface area contributed by atoms with Crippen molar-refractivity contribution in [1.82, 2.24) is 19.5 Å². The molecule has 2 aromatic rings. The lowest BCUT2D eigenvalue weighted by Crippen LogP contribution is -2.40. The molecular formula is C14H16ClN5O2. The molecule has 3 heterocycles. The van der Waals surface area contributed by atoms with Crippen molar-refractivity contribution in [3.05, 3.63) is 29.7 Å². The fourth-order valence-corrected chi connectivity index (χ4v) is 3.10. The van der Waals surface area contributed by atoms with Gasteiger partial charge in [0, 0.05) is 12.7 Å². The summed E-state index contributed by atoms with van der Waals surface area (Å²) < 4.78 is 1.59. The molecule has 116 valence electrons. The molecule has 1 aliphatic heterocycles. The first-order valence-corrected chi connectivity index (χ1v) is 7.65. The Hall–Kier alpha value is -2.15. The number of likely N-dealkylation sites (tertiary alicyclic amines) is 1. The predicted molar refractivity (Wildman–Crippen MR) is 80.5 cm³/mol. The number of nitrogens with zero attached hydrogens (tertiary/aromatic N) is 4. The summed E-state index contributed by atoms with van der Waals surface area (Å²) in [5.74, 6) is -0.716. The summed E-state index contributed by atoms with van der Waals surface area (Å²) in [6.07, 6.45) is 5.82. The molecule has 2 N–H and O–H groups in total. The van der Waals surface area contributed by atoms with E-state index in [0.29, 0.717) is 12.2 Å². The Balaban J connectivity index is 2.08. The molecule has 2 aromatic heterocycles. The molecular weight excluding hydrogens is 306 g/mol. The van der Waals surface area contributed by atoms with Crippen LogP contribution in [0.3, 0.4) is 0 Å². The van der Waals surface area contributed by atoms with Crippen LogP contribution >= 0.6 is 11.6 Å². The second-order valence-electron chi connectivity index (χ2n) is 5.26. The number of amides is 2. The second-order valence-corrected chi connectivity index (χ2v) is 5.53. The minimum Gasteiger partial charge on any atom is -0.365 e. The van der Waals surface area contributed by atoms with Gasteiger partial charge in [-0.3, -0.25) is 9.59 Å². The summed E-state index contributed by atoms with van der Waals surface area (Å²) in [6, 6.07) is 1.70. The minimum absolute atomic E-state index is 0.0453. The maximum Gasteiger partial charge on any atom is 0.254 e. The maximum atomic E-state index is 12.1. The van der Waals surface area contributed by atoms with Crippen molar-refractivity contribution in [3.8, 4) is 0 Å². The van der Waals surface area contributed by atoms with Gasteiger partial charge in [0.1, 0.15) is 11.4 Å². The Morgan fingerprint density at radius 3 is 2.95 bits per heavy atom. The largest absolute Gasteiger partial charge is 0.365 e. The Bertz CT molecular complexity index is 729. The van der Waals surface area contributed by atoms with Crippen LogP contribution in [-0.4, -0.2) is 43.7 Å². The second kappa shape index (κ2) is 5.92. The van der Waals surface area contributed by atoms with Gasteiger partial charge in [0.15, 0.2) is 5.65 Å². The van der Waals surface area contributed by atoms with E-state index >= 15 is 0 Å². The zero-order chi connectivity index (χ0) is 15.7. The van der Waals surface area contributed by atoms with E-state index in [0.717, 1.165) is 25.0 Å². The maximum absolute atomic E-state index is 12.1. The summed E-state index contributed by atoms with van der Waals surface area (Å²) in [6.45, 7) is 0.671. The van der Waals surface area contributed by atoms with Gasteiger partial charge in [0.25, 0.3) is 5.91 Å². The molecule has 1 aliphatic rings. The van der Waals surface area contributed by atoms with Crippen molar-refractivity contribution in [2.75, 3.05) is 12.4 Å². The fourth-order valence-electron chi connectivity index (χ4n) is 2.95. The van der Waals surface area contributed by atoms with E-state index in [1.54, 1.807) is 15.6 Å². The van der Waals surface area contributed by atoms with Crippen molar-refractivity contribution in [1.29, 1.82) is 0 Å². The zero-order valence-electron chi connectivity index (χ0n) is 11.9. The average molecular weight is 322 g/mol. The zero-order valence-corrected chi connectivity index (χ0v) is 12.7. The number of carbonyl (C=O) groups excluding carboxylic acids is 2. The molecule has 2 amide bonds. The lowest BCUT2D eigenvalue weighted by Gasteiger charge is -2.35. The number of rotatable bonds is 3. The number of halogens is 1. The monoisotopic (exact) mass is 321 g/mol. The van der Waals surface area contributed by atoms with E-state index in [9.17, 15) is 9.59 Å². The Morgan fingerprint density at radius 1 is 1.41 bits per heavy atom. The van der Waals surface area contributed by atoms with Crippen LogP contribution in [0, 0.1) is 0 Å². The van der Waals surface area contributed by atoms with Crippen LogP contribution in [0.4, 0.5) is 0 Å². The van der Waals surface area contributed by atoms with Crippen molar-refractivity contribution < 1.29 is 9.59 Å². The number of piperidine rings is 1. The van der Waals surface area contributed by atoms with Gasteiger partial charge in [-0.25, -0.2) is 9.50 Å². The first-order chi connectivity index (χ1) is 10.6. The van der Waals surface area contributed by atoms with Crippen LogP contribution < -0.4 is 5.73 Å². The third kappa shape index (κ3) is 2.41. The van der Waals surface area contributed by atoms with Gasteiger partial charge >= 0.3 is 0 Å². The molecule has 0 aliphatic carbocycles. The normalized spacial score (nSPS) is 18.6. The third-order valence-electron chi connectivity index (χ3n) is 3.97. The summed E-state index contributed by atoms with van der Waals surface area (Å²) in [5, 5.41) is 4.22. The van der Waals surface area contributed by atoms with E-state index in [2.05, 4.69) is 10.1 Å². The molecule has 22 heavy (non-hydrogen) atoms. The number of hydrogen-bond acceptors (Lipinski definition) is 4. The molecule has 1 unspecified atom stereocenters. The number of carbonyl (C=O) groups is 2. The Morgan fingerprint density at radius 2 is 2.23 bits per heavy atom. The van der Waals surface area contributed by atoms with Gasteiger partial charge in [-0.05, 0) is 25.3 Å². The minimum atomic E-state index is -0.572. The summed E-state index contributed by atoms with van der Waals surface area (Å²) in [7, 11) is 0. The van der Waals surface area contributed by atoms with Crippen molar-refractivity contribution in [2.24, 2.45) is 5.73 Å². The van der Waals surface area contributed by atoms with Crippen LogP contribution in [0.2, 0.25) is 0 Å². The van der Waals surface area contributed by atoms with Crippen LogP contribution in [0.1, 0.15) is 41.4 Å². The van der Waals surface area contributed by atoms with Crippen molar-refractivity contribution in [3.63, 3.8) is 0 Å². The lowest BCUT2D eigenvalue weighted by atomic mass is 9.99. The van der Waals surface area contributed by atoms with E-state index in [1.807, 2.05) is 6.07 Å². The standard InChI is InChI=1S/C14H16ClN5O2/c15-7-12(21)19-6-2-1-3-10(19)11-4-5-17-14-9(13(16)22)8-18-20(11)14/h4-5,8,10H,1-3,6-7H2,(H2,16,22). The predicted octanol–water partition coefficient (Wildman–Crippen LogP) is 1.12. The SMILES string of the molecule is NC(=O)c1cnn2c(C3CCCCN3C(=O)CCl)ccnc12. The summed E-state index contributed by atoms with van der Waals surface area (Å²) >= 11 is 5.71. The van der Waals surface area contributed by atoms with Crippen LogP contribution in [0.25, 0.3) is 5.65 Å². The summed E-state index contributed by atoms with van der Waals surface area (Å²) in [4.78, 5) is 29.5. The van der Waals surface area contributed by atoms with Gasteiger partial charge in [0.2, 0.25) is 5.91 Å². The van der Waals surface area contributed by atoms with E-state index < -0.39 is 5.91 Å². The third-order valence-corrected chi connectivity index (χ3v) is 4.20. The van der Waals surface area contributed by atoms with Crippen LogP contribution in [0.5, 0.6) is 0 Å². The van der Waals surface area contributed by atoms with Gasteiger partial charge in [-0.15, -0.1) is 11.6 Å². The molecule has 8 heteroatoms. The fraction of sp³-hybridized carbons (Fsp3) is 0.429. The van der Waals surface area contributed by atoms with E-state index in [4.69, 9.17) is 17.3 Å². The van der Waals surface area contributed by atoms with Gasteiger partial charge in [0.05, 0.1) is 17.9 Å². The quantitative estimate of drug-likeness (QED) is 0.857. The molecule has 0 saturated carbocycles. The van der Waals surface area contributed by atoms with Crippen molar-refractivity contribution >= 4 is 29.1 Å². The van der Waals surface area contributed by atoms with Crippen LogP contribution in [0.15, 0.2) is 18.5 Å². The number of aromatic nitrogens is 3. The smallest absolute Gasteiger partial charge is 0.254 e. The molecule has 1 atom stereocenters. The number of primary amides is 1. The number of nitrogens with two attached hydrogens (primary N) is 1. The number of hydrogen-bond donors (Lipinski definition) is 1. The first kappa shape index (κ1) is 14.8. The highest BCUT2D eigenvalue weighted by molar-refractivity contribution is 6.27. The highest BCUT2D eigenvalue weighted by Crippen LogP contribution is 2.31. The van der Waals surface area contributed by atoms with Gasteiger partial charge in [-0.2, -0.15) is 5.10 Å². The molecule has 7 nitrogen and oxygen atoms in total. The van der Waals surface area contributed by atoms with E-state index in [1.165, 1.54) is 6.20 Å². The molecule has 0 bridgehead atoms. The van der Waals surface area contributed by atoms with Crippen molar-refractivity contribution in [2.45, 2.75) is 25.3 Å². The molecule has 1 saturated heterocycles.